The number of hydrogen-bond donors (Lipinski definition) is 4. The summed E-state index contributed by atoms with van der Waals surface area (Å²) in [4.78, 5) is 12.2. The van der Waals surface area contributed by atoms with Crippen LogP contribution in [0.25, 0.3) is 0 Å². The molecule has 1 rings (SSSR count). The maximum absolute atomic E-state index is 12.2. The van der Waals surface area contributed by atoms with Crippen LogP contribution in [-0.4, -0.2) is 34.8 Å². The lowest BCUT2D eigenvalue weighted by atomic mass is 9.81. The first kappa shape index (κ1) is 30.7. The second-order valence-corrected chi connectivity index (χ2v) is 10.6. The summed E-state index contributed by atoms with van der Waals surface area (Å²) in [6, 6.07) is 5.57. The Hall–Kier alpha value is -1.30. The second-order valence-electron chi connectivity index (χ2n) is 10.6. The number of phenolic OH excluding ortho intramolecular Hbond substituents is 1. The number of carbonyl (C=O) groups excluding carboxylic acids is 1. The van der Waals surface area contributed by atoms with Crippen LogP contribution in [0.4, 0.5) is 0 Å². The Kier molecular flexibility index (Phi) is 13.5. The molecule has 4 atom stereocenters. The lowest BCUT2D eigenvalue weighted by molar-refractivity contribution is -0.125. The van der Waals surface area contributed by atoms with Crippen molar-refractivity contribution in [1.82, 2.24) is 5.32 Å². The minimum atomic E-state index is -0.718. The Bertz CT molecular complexity index is 688. The molecule has 0 bridgehead atoms. The SMILES string of the molecule is CCCCNC(=O)[C@H](C)C[C@H](O)[C@@H](N)C[C@H](Cc1ccc(C(C)(C)C)c(O)c1)C(C)C.Cl. The molecule has 5 nitrogen and oxygen atoms in total. The van der Waals surface area contributed by atoms with Gasteiger partial charge >= 0.3 is 0 Å². The molecule has 1 aromatic rings. The number of aromatic hydroxyl groups is 1. The number of rotatable bonds is 12. The van der Waals surface area contributed by atoms with Crippen LogP contribution in [0.15, 0.2) is 18.2 Å². The van der Waals surface area contributed by atoms with Crippen molar-refractivity contribution in [2.75, 3.05) is 6.54 Å². The lowest BCUT2D eigenvalue weighted by Gasteiger charge is -2.28. The average Bonchev–Trinajstić information content (AvgIpc) is 2.66. The maximum atomic E-state index is 12.2. The van der Waals surface area contributed by atoms with Gasteiger partial charge in [-0.25, -0.2) is 0 Å². The van der Waals surface area contributed by atoms with Crippen LogP contribution in [0.3, 0.4) is 0 Å². The van der Waals surface area contributed by atoms with E-state index in [1.807, 2.05) is 19.1 Å². The van der Waals surface area contributed by atoms with Crippen molar-refractivity contribution in [1.29, 1.82) is 0 Å². The van der Waals surface area contributed by atoms with E-state index >= 15 is 0 Å². The van der Waals surface area contributed by atoms with Gasteiger partial charge in [0.25, 0.3) is 0 Å². The van der Waals surface area contributed by atoms with Crippen molar-refractivity contribution >= 4 is 18.3 Å². The highest BCUT2D eigenvalue weighted by molar-refractivity contribution is 5.85. The number of hydrogen-bond acceptors (Lipinski definition) is 4. The first-order valence-electron chi connectivity index (χ1n) is 11.9. The molecule has 0 heterocycles. The third-order valence-corrected chi connectivity index (χ3v) is 6.25. The Morgan fingerprint density at radius 3 is 2.28 bits per heavy atom. The molecule has 186 valence electrons. The van der Waals surface area contributed by atoms with Gasteiger partial charge in [-0.05, 0) is 60.1 Å². The quantitative estimate of drug-likeness (QED) is 0.325. The predicted octanol–water partition coefficient (Wildman–Crippen LogP) is 4.95. The Morgan fingerprint density at radius 2 is 1.78 bits per heavy atom. The van der Waals surface area contributed by atoms with E-state index in [0.29, 0.717) is 31.1 Å². The average molecular weight is 471 g/mol. The summed E-state index contributed by atoms with van der Waals surface area (Å²) in [6.07, 6.45) is 3.11. The second kappa shape index (κ2) is 14.1. The van der Waals surface area contributed by atoms with Crippen LogP contribution in [0, 0.1) is 17.8 Å². The summed E-state index contributed by atoms with van der Waals surface area (Å²) >= 11 is 0. The zero-order valence-corrected chi connectivity index (χ0v) is 22.0. The van der Waals surface area contributed by atoms with E-state index in [2.05, 4.69) is 52.9 Å². The fourth-order valence-corrected chi connectivity index (χ4v) is 3.95. The molecule has 1 aromatic carbocycles. The van der Waals surface area contributed by atoms with E-state index in [0.717, 1.165) is 30.4 Å². The molecule has 0 aromatic heterocycles. The minimum Gasteiger partial charge on any atom is -0.508 e. The van der Waals surface area contributed by atoms with Crippen LogP contribution < -0.4 is 11.1 Å². The molecule has 0 aliphatic carbocycles. The van der Waals surface area contributed by atoms with Gasteiger partial charge in [-0.3, -0.25) is 4.79 Å². The van der Waals surface area contributed by atoms with Gasteiger partial charge < -0.3 is 21.3 Å². The van der Waals surface area contributed by atoms with Gasteiger partial charge in [0.05, 0.1) is 6.10 Å². The standard InChI is InChI=1S/C26H46N2O3.ClH/c1-8-9-12-28-25(31)18(4)13-24(30)22(27)16-20(17(2)3)14-19-10-11-21(23(29)15-19)26(5,6)7;/h10-11,15,17-18,20,22,24,29-30H,8-9,12-14,16,27H2,1-7H3,(H,28,31);1H/t18-,20+,22+,24+;/m1./s1. The van der Waals surface area contributed by atoms with Crippen LogP contribution in [0.2, 0.25) is 0 Å². The first-order valence-corrected chi connectivity index (χ1v) is 11.9. The monoisotopic (exact) mass is 470 g/mol. The number of unbranched alkanes of at least 4 members (excludes halogenated alkanes) is 1. The highest BCUT2D eigenvalue weighted by Crippen LogP contribution is 2.33. The van der Waals surface area contributed by atoms with Crippen LogP contribution in [0.1, 0.15) is 85.3 Å². The number of benzene rings is 1. The topological polar surface area (TPSA) is 95.6 Å². The minimum absolute atomic E-state index is 0. The Labute approximate surface area is 202 Å². The molecule has 0 fully saturated rings. The maximum Gasteiger partial charge on any atom is 0.222 e. The van der Waals surface area contributed by atoms with Crippen molar-refractivity contribution in [2.45, 2.75) is 98.1 Å². The molecule has 0 aliphatic rings. The molecule has 0 saturated heterocycles. The number of phenols is 1. The van der Waals surface area contributed by atoms with Crippen LogP contribution >= 0.6 is 12.4 Å². The van der Waals surface area contributed by atoms with E-state index in [1.165, 1.54) is 0 Å². The number of aliphatic hydroxyl groups is 1. The largest absolute Gasteiger partial charge is 0.508 e. The number of amides is 1. The summed E-state index contributed by atoms with van der Waals surface area (Å²) in [7, 11) is 0. The van der Waals surface area contributed by atoms with E-state index in [-0.39, 0.29) is 41.6 Å². The number of nitrogens with two attached hydrogens (primary N) is 1. The summed E-state index contributed by atoms with van der Waals surface area (Å²) < 4.78 is 0. The fourth-order valence-electron chi connectivity index (χ4n) is 3.95. The summed E-state index contributed by atoms with van der Waals surface area (Å²) in [5.41, 5.74) is 8.27. The molecular formula is C26H47ClN2O3. The Morgan fingerprint density at radius 1 is 1.16 bits per heavy atom. The molecule has 32 heavy (non-hydrogen) atoms. The van der Waals surface area contributed by atoms with Gasteiger partial charge in [-0.1, -0.05) is 67.0 Å². The van der Waals surface area contributed by atoms with Crippen molar-refractivity contribution in [3.05, 3.63) is 29.3 Å². The molecule has 0 radical (unpaired) electrons. The lowest BCUT2D eigenvalue weighted by Crippen LogP contribution is -2.41. The molecule has 5 N–H and O–H groups in total. The molecule has 0 saturated carbocycles. The fraction of sp³-hybridized carbons (Fsp3) is 0.731. The van der Waals surface area contributed by atoms with Gasteiger partial charge in [-0.15, -0.1) is 12.4 Å². The van der Waals surface area contributed by atoms with E-state index in [9.17, 15) is 15.0 Å². The highest BCUT2D eigenvalue weighted by Gasteiger charge is 2.26. The van der Waals surface area contributed by atoms with E-state index in [1.54, 1.807) is 0 Å². The molecular weight excluding hydrogens is 424 g/mol. The van der Waals surface area contributed by atoms with Crippen molar-refractivity contribution < 1.29 is 15.0 Å². The molecule has 6 heteroatoms. The molecule has 0 aliphatic heterocycles. The zero-order chi connectivity index (χ0) is 23.8. The summed E-state index contributed by atoms with van der Waals surface area (Å²) in [6.45, 7) is 15.2. The predicted molar refractivity (Wildman–Crippen MR) is 136 cm³/mol. The number of halogens is 1. The summed E-state index contributed by atoms with van der Waals surface area (Å²) in [5, 5.41) is 24.0. The first-order chi connectivity index (χ1) is 14.4. The smallest absolute Gasteiger partial charge is 0.222 e. The highest BCUT2D eigenvalue weighted by atomic mass is 35.5. The van der Waals surface area contributed by atoms with Crippen molar-refractivity contribution in [2.24, 2.45) is 23.5 Å². The van der Waals surface area contributed by atoms with Gasteiger partial charge in [0.15, 0.2) is 0 Å². The number of aliphatic hydroxyl groups excluding tert-OH is 1. The third kappa shape index (κ3) is 10.1. The van der Waals surface area contributed by atoms with Crippen LogP contribution in [0.5, 0.6) is 5.75 Å². The summed E-state index contributed by atoms with van der Waals surface area (Å²) in [5.74, 6) is 0.710. The van der Waals surface area contributed by atoms with Gasteiger partial charge in [0, 0.05) is 18.5 Å². The van der Waals surface area contributed by atoms with Gasteiger partial charge in [-0.2, -0.15) is 0 Å². The molecule has 1 amide bonds. The van der Waals surface area contributed by atoms with Crippen LogP contribution in [-0.2, 0) is 16.6 Å². The number of carbonyl (C=O) groups is 1. The number of nitrogens with one attached hydrogen (secondary N) is 1. The molecule has 0 unspecified atom stereocenters. The van der Waals surface area contributed by atoms with E-state index in [4.69, 9.17) is 5.73 Å². The third-order valence-electron chi connectivity index (χ3n) is 6.25. The Balaban J connectivity index is 0.00000961. The normalized spacial score (nSPS) is 15.6. The van der Waals surface area contributed by atoms with Gasteiger partial charge in [0.2, 0.25) is 5.91 Å². The van der Waals surface area contributed by atoms with Crippen molar-refractivity contribution in [3.8, 4) is 5.75 Å². The van der Waals surface area contributed by atoms with E-state index < -0.39 is 6.10 Å². The molecule has 0 spiro atoms. The van der Waals surface area contributed by atoms with Gasteiger partial charge in [0.1, 0.15) is 5.75 Å². The zero-order valence-electron chi connectivity index (χ0n) is 21.1. The van der Waals surface area contributed by atoms with Crippen molar-refractivity contribution in [3.63, 3.8) is 0 Å².